The lowest BCUT2D eigenvalue weighted by molar-refractivity contribution is 0.103. The zero-order valence-electron chi connectivity index (χ0n) is 12.8. The molecular weight excluding hydrogens is 310 g/mol. The summed E-state index contributed by atoms with van der Waals surface area (Å²) in [5, 5.41) is 0. The maximum absolute atomic E-state index is 14.0. The van der Waals surface area contributed by atoms with Gasteiger partial charge < -0.3 is 0 Å². The van der Waals surface area contributed by atoms with Crippen LogP contribution in [0.1, 0.15) is 31.8 Å². The van der Waals surface area contributed by atoms with Crippen LogP contribution in [0.2, 0.25) is 0 Å². The molecule has 0 fully saturated rings. The van der Waals surface area contributed by atoms with Gasteiger partial charge in [0, 0.05) is 11.1 Å². The third-order valence-corrected chi connectivity index (χ3v) is 3.40. The van der Waals surface area contributed by atoms with Crippen molar-refractivity contribution in [2.45, 2.75) is 0 Å². The zero-order valence-corrected chi connectivity index (χ0v) is 12.8. The molecule has 0 radical (unpaired) electrons. The first-order valence-corrected chi connectivity index (χ1v) is 7.07. The van der Waals surface area contributed by atoms with Crippen molar-refractivity contribution in [1.82, 2.24) is 0 Å². The Bertz CT molecular complexity index is 847. The number of hydrogen-bond donors (Lipinski definition) is 0. The first-order valence-electron chi connectivity index (χ1n) is 7.07. The van der Waals surface area contributed by atoms with Crippen molar-refractivity contribution in [2.24, 2.45) is 0 Å². The quantitative estimate of drug-likeness (QED) is 0.431. The highest BCUT2D eigenvalue weighted by molar-refractivity contribution is 6.05. The summed E-state index contributed by atoms with van der Waals surface area (Å²) in [5.74, 6) is -3.17. The van der Waals surface area contributed by atoms with Crippen molar-refractivity contribution in [3.05, 3.63) is 95.6 Å². The predicted molar refractivity (Wildman–Crippen MR) is 90.8 cm³/mol. The van der Waals surface area contributed by atoms with Crippen molar-refractivity contribution < 1.29 is 18.4 Å². The topological polar surface area (TPSA) is 34.1 Å². The van der Waals surface area contributed by atoms with Gasteiger partial charge in [0.25, 0.3) is 0 Å². The van der Waals surface area contributed by atoms with E-state index < -0.39 is 17.4 Å². The van der Waals surface area contributed by atoms with E-state index in [0.717, 1.165) is 6.08 Å². The Morgan fingerprint density at radius 2 is 1.42 bits per heavy atom. The van der Waals surface area contributed by atoms with Crippen LogP contribution >= 0.6 is 0 Å². The van der Waals surface area contributed by atoms with Crippen molar-refractivity contribution in [3.8, 4) is 0 Å². The van der Waals surface area contributed by atoms with Crippen LogP contribution in [0, 0.1) is 11.6 Å². The molecule has 2 aromatic rings. The summed E-state index contributed by atoms with van der Waals surface area (Å²) in [7, 11) is 0. The summed E-state index contributed by atoms with van der Waals surface area (Å²) in [6.07, 6.45) is 5.12. The highest BCUT2D eigenvalue weighted by Gasteiger charge is 2.15. The van der Waals surface area contributed by atoms with E-state index >= 15 is 0 Å². The van der Waals surface area contributed by atoms with Crippen LogP contribution < -0.4 is 0 Å². The molecule has 0 saturated carbocycles. The summed E-state index contributed by atoms with van der Waals surface area (Å²) in [4.78, 5) is 22.8. The number of carbonyl (C=O) groups excluding carboxylic acids is 2. The molecule has 0 spiro atoms. The zero-order chi connectivity index (χ0) is 17.7. The number of hydrogen-bond acceptors (Lipinski definition) is 2. The molecule has 120 valence electrons. The van der Waals surface area contributed by atoms with Crippen molar-refractivity contribution >= 4 is 23.7 Å². The van der Waals surface area contributed by atoms with Crippen LogP contribution in [0.3, 0.4) is 0 Å². The second-order valence-corrected chi connectivity index (χ2v) is 4.92. The highest BCUT2D eigenvalue weighted by atomic mass is 19.2. The Labute approximate surface area is 138 Å². The number of rotatable bonds is 6. The molecule has 24 heavy (non-hydrogen) atoms. The molecule has 0 atom stereocenters. The molecule has 0 aliphatic rings. The van der Waals surface area contributed by atoms with Gasteiger partial charge in [0.05, 0.1) is 5.56 Å². The van der Waals surface area contributed by atoms with Gasteiger partial charge in [0.2, 0.25) is 0 Å². The Kier molecular flexibility index (Phi) is 5.32. The number of carbonyl (C=O) groups is 2. The fourth-order valence-electron chi connectivity index (χ4n) is 2.06. The maximum Gasteiger partial charge on any atom is 0.188 e. The largest absolute Gasteiger partial charge is 0.289 e. The molecular formula is C20H14F2O2. The monoisotopic (exact) mass is 324 g/mol. The molecule has 0 N–H and O–H groups in total. The Morgan fingerprint density at radius 1 is 0.792 bits per heavy atom. The molecule has 0 bridgehead atoms. The molecule has 4 heteroatoms. The average Bonchev–Trinajstić information content (AvgIpc) is 2.62. The van der Waals surface area contributed by atoms with Crippen LogP contribution in [0.25, 0.3) is 12.2 Å². The van der Waals surface area contributed by atoms with Gasteiger partial charge in [-0.25, -0.2) is 8.78 Å². The minimum Gasteiger partial charge on any atom is -0.289 e. The first kappa shape index (κ1) is 17.2. The lowest BCUT2D eigenvalue weighted by atomic mass is 10.0. The van der Waals surface area contributed by atoms with E-state index in [1.54, 1.807) is 30.3 Å². The minimum atomic E-state index is -1.20. The summed E-state index contributed by atoms with van der Waals surface area (Å²) in [6.45, 7) is 6.66. The van der Waals surface area contributed by atoms with Gasteiger partial charge in [-0.1, -0.05) is 55.6 Å². The highest BCUT2D eigenvalue weighted by Crippen LogP contribution is 2.19. The number of halogens is 2. The van der Waals surface area contributed by atoms with Crippen molar-refractivity contribution in [1.29, 1.82) is 0 Å². The van der Waals surface area contributed by atoms with Crippen molar-refractivity contribution in [2.75, 3.05) is 0 Å². The molecule has 0 heterocycles. The Morgan fingerprint density at radius 3 is 2.00 bits per heavy atom. The fraction of sp³-hybridized carbons (Fsp3) is 0. The van der Waals surface area contributed by atoms with Gasteiger partial charge in [0.1, 0.15) is 0 Å². The Balaban J connectivity index is 2.27. The second kappa shape index (κ2) is 7.42. The number of ketones is 2. The van der Waals surface area contributed by atoms with Crippen LogP contribution in [0.5, 0.6) is 0 Å². The van der Waals surface area contributed by atoms with E-state index in [2.05, 4.69) is 13.2 Å². The van der Waals surface area contributed by atoms with E-state index in [4.69, 9.17) is 0 Å². The summed E-state index contributed by atoms with van der Waals surface area (Å²) >= 11 is 0. The average molecular weight is 324 g/mol. The van der Waals surface area contributed by atoms with Gasteiger partial charge in [-0.2, -0.15) is 0 Å². The maximum atomic E-state index is 14.0. The molecule has 0 aromatic heterocycles. The predicted octanol–water partition coefficient (Wildman–Crippen LogP) is 4.87. The molecule has 0 unspecified atom stereocenters. The van der Waals surface area contributed by atoms with Gasteiger partial charge >= 0.3 is 0 Å². The van der Waals surface area contributed by atoms with Crippen LogP contribution in [0.4, 0.5) is 8.78 Å². The summed E-state index contributed by atoms with van der Waals surface area (Å²) < 4.78 is 27.9. The standard InChI is InChI=1S/C20H14F2O2/c1-3-17(23)14-8-5-13(6-9-14)7-10-15-11-12-16(18(24)4-2)20(22)19(15)21/h3-12H,1-2H2. The minimum absolute atomic E-state index is 0.0133. The van der Waals surface area contributed by atoms with E-state index in [9.17, 15) is 18.4 Å². The van der Waals surface area contributed by atoms with Gasteiger partial charge in [0.15, 0.2) is 23.2 Å². The smallest absolute Gasteiger partial charge is 0.188 e. The molecule has 2 nitrogen and oxygen atoms in total. The molecule has 2 rings (SSSR count). The fourth-order valence-corrected chi connectivity index (χ4v) is 2.06. The third kappa shape index (κ3) is 3.60. The van der Waals surface area contributed by atoms with Crippen LogP contribution in [0.15, 0.2) is 61.7 Å². The van der Waals surface area contributed by atoms with Gasteiger partial charge in [-0.3, -0.25) is 9.59 Å². The second-order valence-electron chi connectivity index (χ2n) is 4.92. The van der Waals surface area contributed by atoms with E-state index in [-0.39, 0.29) is 16.9 Å². The molecule has 0 aliphatic heterocycles. The normalized spacial score (nSPS) is 10.6. The van der Waals surface area contributed by atoms with Crippen LogP contribution in [-0.4, -0.2) is 11.6 Å². The van der Waals surface area contributed by atoms with E-state index in [0.29, 0.717) is 11.1 Å². The van der Waals surface area contributed by atoms with E-state index in [1.807, 2.05) is 0 Å². The molecule has 0 aliphatic carbocycles. The third-order valence-electron chi connectivity index (χ3n) is 3.40. The summed E-state index contributed by atoms with van der Waals surface area (Å²) in [5.41, 5.74) is 0.861. The SMILES string of the molecule is C=CC(=O)c1ccc(C=Cc2ccc(C(=O)C=C)c(F)c2F)cc1. The van der Waals surface area contributed by atoms with Gasteiger partial charge in [-0.15, -0.1) is 0 Å². The summed E-state index contributed by atoms with van der Waals surface area (Å²) in [6, 6.07) is 9.13. The first-order chi connectivity index (χ1) is 11.5. The van der Waals surface area contributed by atoms with Crippen molar-refractivity contribution in [3.63, 3.8) is 0 Å². The number of benzene rings is 2. The van der Waals surface area contributed by atoms with E-state index in [1.165, 1.54) is 24.3 Å². The van der Waals surface area contributed by atoms with Crippen LogP contribution in [-0.2, 0) is 0 Å². The molecule has 2 aromatic carbocycles. The van der Waals surface area contributed by atoms with Gasteiger partial charge in [-0.05, 0) is 23.8 Å². The molecule has 0 amide bonds. The number of allylic oxidation sites excluding steroid dienone is 2. The Hall–Kier alpha value is -3.14. The lowest BCUT2D eigenvalue weighted by Crippen LogP contribution is -2.02. The lowest BCUT2D eigenvalue weighted by Gasteiger charge is -2.03. The molecule has 0 saturated heterocycles.